The van der Waals surface area contributed by atoms with E-state index in [1.807, 2.05) is 0 Å². The molecule has 1 atom stereocenters. The minimum atomic E-state index is -0.972. The Kier molecular flexibility index (Phi) is 6.99. The highest BCUT2D eigenvalue weighted by atomic mass is 19.1. The minimum absolute atomic E-state index is 0.0632. The molecule has 1 aromatic carbocycles. The molecule has 0 saturated carbocycles. The van der Waals surface area contributed by atoms with Crippen molar-refractivity contribution in [3.63, 3.8) is 0 Å². The second-order valence-corrected chi connectivity index (χ2v) is 7.92. The molecule has 2 fully saturated rings. The number of benzene rings is 1. The van der Waals surface area contributed by atoms with Gasteiger partial charge in [0.15, 0.2) is 0 Å². The highest BCUT2D eigenvalue weighted by Crippen LogP contribution is 2.27. The second kappa shape index (κ2) is 9.45. The van der Waals surface area contributed by atoms with Crippen molar-refractivity contribution < 1.29 is 23.5 Å². The zero-order valence-electron chi connectivity index (χ0n) is 16.1. The van der Waals surface area contributed by atoms with Crippen LogP contribution in [0.25, 0.3) is 0 Å². The Morgan fingerprint density at radius 2 is 1.86 bits per heavy atom. The van der Waals surface area contributed by atoms with Gasteiger partial charge in [-0.1, -0.05) is 6.07 Å². The average Bonchev–Trinajstić information content (AvgIpc) is 2.83. The van der Waals surface area contributed by atoms with E-state index >= 15 is 0 Å². The lowest BCUT2D eigenvalue weighted by molar-refractivity contribution is -0.146. The van der Waals surface area contributed by atoms with Crippen LogP contribution < -0.4 is 0 Å². The Morgan fingerprint density at radius 3 is 2.54 bits per heavy atom. The number of halogens is 2. The van der Waals surface area contributed by atoms with Crippen LogP contribution in [0.15, 0.2) is 18.2 Å². The molecular weight excluding hydrogens is 366 g/mol. The summed E-state index contributed by atoms with van der Waals surface area (Å²) in [4.78, 5) is 27.5. The Hall–Kier alpha value is -2.02. The molecule has 3 rings (SSSR count). The number of piperidine rings is 1. The van der Waals surface area contributed by atoms with Gasteiger partial charge in [-0.25, -0.2) is 8.78 Å². The Morgan fingerprint density at radius 1 is 1.11 bits per heavy atom. The molecule has 0 bridgehead atoms. The number of likely N-dealkylation sites (tertiary alicyclic amines) is 2. The van der Waals surface area contributed by atoms with Crippen molar-refractivity contribution in [3.8, 4) is 0 Å². The molecule has 2 aliphatic rings. The van der Waals surface area contributed by atoms with Crippen LogP contribution in [-0.4, -0.2) is 59.0 Å². The van der Waals surface area contributed by atoms with Crippen molar-refractivity contribution >= 4 is 11.9 Å². The van der Waals surface area contributed by atoms with Crippen molar-refractivity contribution in [2.45, 2.75) is 51.0 Å². The molecule has 5 nitrogen and oxygen atoms in total. The first kappa shape index (κ1) is 20.7. The van der Waals surface area contributed by atoms with Crippen LogP contribution in [-0.2, 0) is 16.0 Å². The maximum Gasteiger partial charge on any atom is 0.323 e. The summed E-state index contributed by atoms with van der Waals surface area (Å²) in [5.41, 5.74) is 0.548. The van der Waals surface area contributed by atoms with Crippen molar-refractivity contribution in [1.29, 1.82) is 0 Å². The number of carboxylic acid groups (broad SMARTS) is 1. The molecule has 1 amide bonds. The van der Waals surface area contributed by atoms with Gasteiger partial charge >= 0.3 is 5.97 Å². The van der Waals surface area contributed by atoms with Gasteiger partial charge in [0.2, 0.25) is 5.91 Å². The van der Waals surface area contributed by atoms with E-state index in [0.717, 1.165) is 57.7 Å². The number of carbonyl (C=O) groups excluding carboxylic acids is 1. The molecule has 1 N–H and O–H groups in total. The summed E-state index contributed by atoms with van der Waals surface area (Å²) >= 11 is 0. The van der Waals surface area contributed by atoms with Gasteiger partial charge in [-0.2, -0.15) is 0 Å². The zero-order chi connectivity index (χ0) is 20.1. The van der Waals surface area contributed by atoms with E-state index in [1.165, 1.54) is 17.0 Å². The third kappa shape index (κ3) is 5.28. The first-order valence-electron chi connectivity index (χ1n) is 10.1. The molecule has 7 heteroatoms. The number of carboxylic acids is 1. The number of hydrogen-bond acceptors (Lipinski definition) is 3. The first-order valence-corrected chi connectivity index (χ1v) is 10.1. The van der Waals surface area contributed by atoms with Gasteiger partial charge in [-0.05, 0) is 75.6 Å². The number of aliphatic carboxylic acids is 1. The summed E-state index contributed by atoms with van der Waals surface area (Å²) in [5, 5.41) is 9.04. The SMILES string of the molecule is O=C(O)CN1CCCCC(N2CCC(CCc3ccc(F)cc3F)CC2)C1=O. The van der Waals surface area contributed by atoms with E-state index < -0.39 is 17.6 Å². The number of carbonyl (C=O) groups is 2. The Labute approximate surface area is 164 Å². The number of amides is 1. The van der Waals surface area contributed by atoms with Crippen molar-refractivity contribution in [2.75, 3.05) is 26.2 Å². The number of hydrogen-bond donors (Lipinski definition) is 1. The predicted octanol–water partition coefficient (Wildman–Crippen LogP) is 3.08. The highest BCUT2D eigenvalue weighted by Gasteiger charge is 2.34. The van der Waals surface area contributed by atoms with Gasteiger partial charge in [0.1, 0.15) is 18.2 Å². The van der Waals surface area contributed by atoms with Crippen molar-refractivity contribution in [3.05, 3.63) is 35.4 Å². The van der Waals surface area contributed by atoms with E-state index in [4.69, 9.17) is 5.11 Å². The summed E-state index contributed by atoms with van der Waals surface area (Å²) in [6.45, 7) is 1.89. The van der Waals surface area contributed by atoms with E-state index in [-0.39, 0.29) is 18.5 Å². The van der Waals surface area contributed by atoms with Gasteiger partial charge in [0, 0.05) is 12.6 Å². The molecule has 28 heavy (non-hydrogen) atoms. The van der Waals surface area contributed by atoms with E-state index in [2.05, 4.69) is 4.90 Å². The van der Waals surface area contributed by atoms with Gasteiger partial charge < -0.3 is 10.0 Å². The first-order chi connectivity index (χ1) is 13.4. The summed E-state index contributed by atoms with van der Waals surface area (Å²) in [6.07, 6.45) is 5.86. The maximum absolute atomic E-state index is 13.8. The normalized spacial score (nSPS) is 22.3. The van der Waals surface area contributed by atoms with E-state index in [0.29, 0.717) is 24.4 Å². The third-order valence-electron chi connectivity index (χ3n) is 6.01. The summed E-state index contributed by atoms with van der Waals surface area (Å²) in [5.74, 6) is -1.62. The number of aryl methyl sites for hydroxylation is 1. The van der Waals surface area contributed by atoms with Gasteiger partial charge in [0.05, 0.1) is 6.04 Å². The van der Waals surface area contributed by atoms with Crippen LogP contribution in [0.3, 0.4) is 0 Å². The maximum atomic E-state index is 13.8. The molecule has 2 aliphatic heterocycles. The lowest BCUT2D eigenvalue weighted by atomic mass is 9.89. The minimum Gasteiger partial charge on any atom is -0.480 e. The van der Waals surface area contributed by atoms with Crippen LogP contribution in [0, 0.1) is 17.6 Å². The van der Waals surface area contributed by atoms with Gasteiger partial charge in [0.25, 0.3) is 0 Å². The lowest BCUT2D eigenvalue weighted by Gasteiger charge is -2.37. The Bertz CT molecular complexity index is 705. The molecule has 154 valence electrons. The zero-order valence-corrected chi connectivity index (χ0v) is 16.1. The molecule has 1 unspecified atom stereocenters. The van der Waals surface area contributed by atoms with Crippen LogP contribution in [0.4, 0.5) is 8.78 Å². The monoisotopic (exact) mass is 394 g/mol. The largest absolute Gasteiger partial charge is 0.480 e. The molecule has 2 heterocycles. The fourth-order valence-corrected chi connectivity index (χ4v) is 4.38. The molecule has 0 aromatic heterocycles. The van der Waals surface area contributed by atoms with Crippen LogP contribution in [0.2, 0.25) is 0 Å². The smallest absolute Gasteiger partial charge is 0.323 e. The molecule has 2 saturated heterocycles. The predicted molar refractivity (Wildman–Crippen MR) is 101 cm³/mol. The summed E-state index contributed by atoms with van der Waals surface area (Å²) in [7, 11) is 0. The quantitative estimate of drug-likeness (QED) is 0.806. The molecular formula is C21H28F2N2O3. The van der Waals surface area contributed by atoms with Crippen molar-refractivity contribution in [2.24, 2.45) is 5.92 Å². The lowest BCUT2D eigenvalue weighted by Crippen LogP contribution is -2.51. The Balaban J connectivity index is 1.51. The summed E-state index contributed by atoms with van der Waals surface area (Å²) < 4.78 is 26.8. The standard InChI is InChI=1S/C21H28F2N2O3/c22-17-7-6-16(18(23)13-17)5-4-15-8-11-24(12-9-15)19-3-1-2-10-25(21(19)28)14-20(26)27/h6-7,13,15,19H,1-5,8-12,14H2,(H,26,27). The van der Waals surface area contributed by atoms with Crippen molar-refractivity contribution in [1.82, 2.24) is 9.80 Å². The fourth-order valence-electron chi connectivity index (χ4n) is 4.38. The molecule has 0 spiro atoms. The molecule has 1 aromatic rings. The van der Waals surface area contributed by atoms with E-state index in [1.54, 1.807) is 0 Å². The third-order valence-corrected chi connectivity index (χ3v) is 6.01. The van der Waals surface area contributed by atoms with Crippen LogP contribution >= 0.6 is 0 Å². The van der Waals surface area contributed by atoms with Gasteiger partial charge in [-0.15, -0.1) is 0 Å². The topological polar surface area (TPSA) is 60.9 Å². The van der Waals surface area contributed by atoms with Crippen LogP contribution in [0.5, 0.6) is 0 Å². The number of rotatable bonds is 6. The van der Waals surface area contributed by atoms with E-state index in [9.17, 15) is 18.4 Å². The molecule has 0 aliphatic carbocycles. The fraction of sp³-hybridized carbons (Fsp3) is 0.619. The highest BCUT2D eigenvalue weighted by molar-refractivity contribution is 5.85. The second-order valence-electron chi connectivity index (χ2n) is 7.92. The number of nitrogens with zero attached hydrogens (tertiary/aromatic N) is 2. The summed E-state index contributed by atoms with van der Waals surface area (Å²) in [6, 6.07) is 3.51. The van der Waals surface area contributed by atoms with Crippen LogP contribution in [0.1, 0.15) is 44.1 Å². The average molecular weight is 394 g/mol. The van der Waals surface area contributed by atoms with Gasteiger partial charge in [-0.3, -0.25) is 14.5 Å². The molecule has 0 radical (unpaired) electrons.